The van der Waals surface area contributed by atoms with Crippen molar-refractivity contribution < 1.29 is 23.8 Å². The van der Waals surface area contributed by atoms with Crippen LogP contribution in [0.2, 0.25) is 0 Å². The Morgan fingerprint density at radius 1 is 1.24 bits per heavy atom. The molecule has 2 aromatic carbocycles. The van der Waals surface area contributed by atoms with Crippen LogP contribution in [0.25, 0.3) is 6.08 Å². The van der Waals surface area contributed by atoms with Crippen LogP contribution in [-0.2, 0) is 14.3 Å². The molecule has 2 aromatic rings. The SMILES string of the molecule is CCOc1cc(/C=C2\N=C(c3ccccc3C)OC2=O)cc(Br)c1OC(=O)CC. The van der Waals surface area contributed by atoms with Crippen molar-refractivity contribution in [3.05, 3.63) is 63.3 Å². The molecule has 0 saturated heterocycles. The number of halogens is 1. The fourth-order valence-corrected chi connectivity index (χ4v) is 3.26. The van der Waals surface area contributed by atoms with E-state index in [1.807, 2.05) is 38.1 Å². The molecule has 0 aliphatic carbocycles. The van der Waals surface area contributed by atoms with E-state index in [2.05, 4.69) is 20.9 Å². The lowest BCUT2D eigenvalue weighted by molar-refractivity contribution is -0.134. The van der Waals surface area contributed by atoms with Crippen molar-refractivity contribution in [2.75, 3.05) is 6.61 Å². The van der Waals surface area contributed by atoms with Crippen molar-refractivity contribution in [1.82, 2.24) is 0 Å². The third-order valence-electron chi connectivity index (χ3n) is 4.14. The number of benzene rings is 2. The van der Waals surface area contributed by atoms with Crippen LogP contribution in [0.1, 0.15) is 37.0 Å². The van der Waals surface area contributed by atoms with E-state index in [0.29, 0.717) is 28.1 Å². The number of carbonyl (C=O) groups is 2. The summed E-state index contributed by atoms with van der Waals surface area (Å²) in [6.07, 6.45) is 1.85. The van der Waals surface area contributed by atoms with E-state index in [1.54, 1.807) is 25.1 Å². The molecule has 6 nitrogen and oxygen atoms in total. The first-order valence-electron chi connectivity index (χ1n) is 9.18. The molecule has 0 radical (unpaired) electrons. The summed E-state index contributed by atoms with van der Waals surface area (Å²) in [5.41, 5.74) is 2.56. The average molecular weight is 458 g/mol. The van der Waals surface area contributed by atoms with Gasteiger partial charge in [0.05, 0.1) is 11.1 Å². The minimum Gasteiger partial charge on any atom is -0.490 e. The molecule has 0 bridgehead atoms. The predicted octanol–water partition coefficient (Wildman–Crippen LogP) is 4.82. The summed E-state index contributed by atoms with van der Waals surface area (Å²) in [7, 11) is 0. The lowest BCUT2D eigenvalue weighted by Crippen LogP contribution is -2.08. The first kappa shape index (κ1) is 20.8. The fourth-order valence-electron chi connectivity index (χ4n) is 2.71. The molecule has 29 heavy (non-hydrogen) atoms. The highest BCUT2D eigenvalue weighted by Gasteiger charge is 2.25. The molecule has 3 rings (SSSR count). The standard InChI is InChI=1S/C22H20BrNO5/c1-4-19(25)28-20-16(23)10-14(12-18(20)27-5-2)11-17-22(26)29-21(24-17)15-9-7-6-8-13(15)3/h6-12H,4-5H2,1-3H3/b17-11-. The van der Waals surface area contributed by atoms with E-state index in [4.69, 9.17) is 14.2 Å². The maximum Gasteiger partial charge on any atom is 0.363 e. The largest absolute Gasteiger partial charge is 0.490 e. The van der Waals surface area contributed by atoms with Crippen molar-refractivity contribution in [2.45, 2.75) is 27.2 Å². The van der Waals surface area contributed by atoms with Gasteiger partial charge in [0.25, 0.3) is 0 Å². The van der Waals surface area contributed by atoms with Crippen LogP contribution in [-0.4, -0.2) is 24.4 Å². The Kier molecular flexibility index (Phi) is 6.49. The maximum atomic E-state index is 12.3. The van der Waals surface area contributed by atoms with Gasteiger partial charge >= 0.3 is 11.9 Å². The van der Waals surface area contributed by atoms with Crippen LogP contribution in [0.4, 0.5) is 0 Å². The van der Waals surface area contributed by atoms with E-state index < -0.39 is 5.97 Å². The van der Waals surface area contributed by atoms with Gasteiger partial charge < -0.3 is 14.2 Å². The predicted molar refractivity (Wildman–Crippen MR) is 113 cm³/mol. The van der Waals surface area contributed by atoms with E-state index in [0.717, 1.165) is 11.1 Å². The van der Waals surface area contributed by atoms with Crippen molar-refractivity contribution in [1.29, 1.82) is 0 Å². The lowest BCUT2D eigenvalue weighted by atomic mass is 10.1. The third-order valence-corrected chi connectivity index (χ3v) is 4.72. The monoisotopic (exact) mass is 457 g/mol. The zero-order valence-electron chi connectivity index (χ0n) is 16.3. The highest BCUT2D eigenvalue weighted by atomic mass is 79.9. The Morgan fingerprint density at radius 2 is 2.00 bits per heavy atom. The molecule has 0 atom stereocenters. The number of carbonyl (C=O) groups excluding carboxylic acids is 2. The smallest absolute Gasteiger partial charge is 0.363 e. The van der Waals surface area contributed by atoms with Crippen molar-refractivity contribution in [3.8, 4) is 11.5 Å². The van der Waals surface area contributed by atoms with Gasteiger partial charge in [-0.15, -0.1) is 0 Å². The van der Waals surface area contributed by atoms with Gasteiger partial charge in [-0.1, -0.05) is 25.1 Å². The van der Waals surface area contributed by atoms with E-state index >= 15 is 0 Å². The summed E-state index contributed by atoms with van der Waals surface area (Å²) in [5.74, 6) is 0.0734. The number of rotatable bonds is 6. The Hall–Kier alpha value is -2.93. The number of nitrogens with zero attached hydrogens (tertiary/aromatic N) is 1. The first-order valence-corrected chi connectivity index (χ1v) is 9.97. The van der Waals surface area contributed by atoms with Crippen molar-refractivity contribution >= 4 is 39.8 Å². The van der Waals surface area contributed by atoms with E-state index in [-0.39, 0.29) is 24.0 Å². The normalized spacial score (nSPS) is 14.6. The number of hydrogen-bond acceptors (Lipinski definition) is 6. The number of cyclic esters (lactones) is 1. The molecule has 7 heteroatoms. The molecule has 1 aliphatic rings. The summed E-state index contributed by atoms with van der Waals surface area (Å²) in [6.45, 7) is 5.86. The van der Waals surface area contributed by atoms with Crippen LogP contribution < -0.4 is 9.47 Å². The first-order chi connectivity index (χ1) is 13.9. The molecule has 0 unspecified atom stereocenters. The van der Waals surface area contributed by atoms with Crippen LogP contribution in [0, 0.1) is 6.92 Å². The van der Waals surface area contributed by atoms with Crippen LogP contribution in [0.5, 0.6) is 11.5 Å². The molecule has 1 aliphatic heterocycles. The minimum atomic E-state index is -0.529. The highest BCUT2D eigenvalue weighted by Crippen LogP contribution is 2.38. The number of hydrogen-bond donors (Lipinski definition) is 0. The molecule has 1 heterocycles. The molecule has 0 aromatic heterocycles. The number of ether oxygens (including phenoxy) is 3. The van der Waals surface area contributed by atoms with E-state index in [1.165, 1.54) is 0 Å². The average Bonchev–Trinajstić information content (AvgIpc) is 3.05. The summed E-state index contributed by atoms with van der Waals surface area (Å²) in [4.78, 5) is 28.4. The Bertz CT molecular complexity index is 1030. The lowest BCUT2D eigenvalue weighted by Gasteiger charge is -2.13. The Balaban J connectivity index is 1.98. The molecule has 0 saturated carbocycles. The van der Waals surface area contributed by atoms with Gasteiger partial charge in [-0.2, -0.15) is 0 Å². The van der Waals surface area contributed by atoms with Gasteiger partial charge in [0.1, 0.15) is 0 Å². The molecular formula is C22H20BrNO5. The third kappa shape index (κ3) is 4.74. The summed E-state index contributed by atoms with van der Waals surface area (Å²) < 4.78 is 16.9. The maximum absolute atomic E-state index is 12.3. The molecule has 150 valence electrons. The fraction of sp³-hybridized carbons (Fsp3) is 0.227. The zero-order valence-corrected chi connectivity index (χ0v) is 17.9. The second-order valence-corrected chi connectivity index (χ2v) is 7.10. The Morgan fingerprint density at radius 3 is 2.69 bits per heavy atom. The second kappa shape index (κ2) is 9.05. The number of esters is 2. The quantitative estimate of drug-likeness (QED) is 0.353. The van der Waals surface area contributed by atoms with Crippen LogP contribution in [0.3, 0.4) is 0 Å². The number of aryl methyl sites for hydroxylation is 1. The van der Waals surface area contributed by atoms with Gasteiger partial charge in [0, 0.05) is 12.0 Å². The Labute approximate surface area is 177 Å². The molecule has 0 N–H and O–H groups in total. The topological polar surface area (TPSA) is 74.2 Å². The van der Waals surface area contributed by atoms with Gasteiger partial charge in [-0.25, -0.2) is 9.79 Å². The minimum absolute atomic E-state index is 0.177. The van der Waals surface area contributed by atoms with Gasteiger partial charge in [0.2, 0.25) is 5.90 Å². The highest BCUT2D eigenvalue weighted by molar-refractivity contribution is 9.10. The summed E-state index contributed by atoms with van der Waals surface area (Å²) in [6, 6.07) is 11.0. The number of aliphatic imine (C=N–C) groups is 1. The van der Waals surface area contributed by atoms with Gasteiger partial charge in [-0.3, -0.25) is 4.79 Å². The van der Waals surface area contributed by atoms with Gasteiger partial charge in [0.15, 0.2) is 17.2 Å². The van der Waals surface area contributed by atoms with E-state index in [9.17, 15) is 9.59 Å². The van der Waals surface area contributed by atoms with Crippen LogP contribution in [0.15, 0.2) is 51.6 Å². The summed E-state index contributed by atoms with van der Waals surface area (Å²) in [5, 5.41) is 0. The molecule has 0 fully saturated rings. The summed E-state index contributed by atoms with van der Waals surface area (Å²) >= 11 is 3.41. The van der Waals surface area contributed by atoms with Crippen molar-refractivity contribution in [2.24, 2.45) is 4.99 Å². The van der Waals surface area contributed by atoms with Crippen molar-refractivity contribution in [3.63, 3.8) is 0 Å². The molecule has 0 amide bonds. The van der Waals surface area contributed by atoms with Crippen LogP contribution >= 0.6 is 15.9 Å². The van der Waals surface area contributed by atoms with Gasteiger partial charge in [-0.05, 0) is 65.2 Å². The molecule has 0 spiro atoms. The molecular weight excluding hydrogens is 438 g/mol. The second-order valence-electron chi connectivity index (χ2n) is 6.24. The zero-order chi connectivity index (χ0) is 21.0.